The third-order valence-corrected chi connectivity index (χ3v) is 3.23. The van der Waals surface area contributed by atoms with Crippen LogP contribution >= 0.6 is 0 Å². The van der Waals surface area contributed by atoms with Crippen molar-refractivity contribution in [3.63, 3.8) is 0 Å². The molecule has 100 valence electrons. The number of rotatable bonds is 3. The van der Waals surface area contributed by atoms with E-state index in [1.165, 1.54) is 6.07 Å². The number of benzene rings is 2. The van der Waals surface area contributed by atoms with Crippen LogP contribution in [0.25, 0.3) is 0 Å². The van der Waals surface area contributed by atoms with E-state index in [0.717, 1.165) is 16.9 Å². The molecule has 0 saturated heterocycles. The predicted molar refractivity (Wildman–Crippen MR) is 72.9 cm³/mol. The van der Waals surface area contributed by atoms with Gasteiger partial charge in [0.15, 0.2) is 0 Å². The fourth-order valence-electron chi connectivity index (χ4n) is 2.10. The first kappa shape index (κ1) is 13.6. The maximum Gasteiger partial charge on any atom is 0.126 e. The Morgan fingerprint density at radius 3 is 2.11 bits per heavy atom. The first-order chi connectivity index (χ1) is 9.02. The number of methoxy groups -OCH3 is 1. The lowest BCUT2D eigenvalue weighted by atomic mass is 9.98. The number of aliphatic hydroxyl groups excluding tert-OH is 1. The highest BCUT2D eigenvalue weighted by Crippen LogP contribution is 2.27. The molecule has 1 N–H and O–H groups in total. The second-order valence-corrected chi connectivity index (χ2v) is 4.64. The molecule has 0 radical (unpaired) electrons. The first-order valence-corrected chi connectivity index (χ1v) is 6.11. The summed E-state index contributed by atoms with van der Waals surface area (Å²) >= 11 is 0. The van der Waals surface area contributed by atoms with Crippen molar-refractivity contribution in [1.29, 1.82) is 0 Å². The summed E-state index contributed by atoms with van der Waals surface area (Å²) in [5.74, 6) is 0.521. The summed E-state index contributed by atoms with van der Waals surface area (Å²) in [6, 6.07) is 10.2. The van der Waals surface area contributed by atoms with E-state index < -0.39 is 6.10 Å². The Morgan fingerprint density at radius 1 is 1.00 bits per heavy atom. The molecule has 0 bridgehead atoms. The number of halogens is 1. The number of aliphatic hydroxyl groups is 1. The molecule has 0 heterocycles. The Hall–Kier alpha value is -1.87. The molecule has 0 amide bonds. The minimum atomic E-state index is -0.760. The van der Waals surface area contributed by atoms with Crippen LogP contribution in [0.5, 0.6) is 5.75 Å². The van der Waals surface area contributed by atoms with Gasteiger partial charge in [-0.3, -0.25) is 0 Å². The average Bonchev–Trinajstić information content (AvgIpc) is 2.41. The summed E-state index contributed by atoms with van der Waals surface area (Å²) < 4.78 is 18.4. The van der Waals surface area contributed by atoms with Crippen LogP contribution < -0.4 is 4.74 Å². The summed E-state index contributed by atoms with van der Waals surface area (Å²) in [6.45, 7) is 3.61. The smallest absolute Gasteiger partial charge is 0.126 e. The fourth-order valence-corrected chi connectivity index (χ4v) is 2.10. The summed E-state index contributed by atoms with van der Waals surface area (Å²) in [5, 5.41) is 10.3. The number of hydrogen-bond acceptors (Lipinski definition) is 2. The topological polar surface area (TPSA) is 29.5 Å². The molecule has 3 heteroatoms. The van der Waals surface area contributed by atoms with Crippen LogP contribution in [-0.4, -0.2) is 12.2 Å². The number of aryl methyl sites for hydroxylation is 2. The SMILES string of the molecule is COc1ccc(C(O)c2ccc(F)c(C)c2)cc1C. The van der Waals surface area contributed by atoms with Gasteiger partial charge in [0.05, 0.1) is 7.11 Å². The molecule has 0 aliphatic rings. The highest BCUT2D eigenvalue weighted by molar-refractivity contribution is 5.40. The van der Waals surface area contributed by atoms with E-state index in [0.29, 0.717) is 11.1 Å². The Bertz CT molecular complexity index is 593. The molecule has 2 aromatic rings. The van der Waals surface area contributed by atoms with Crippen molar-refractivity contribution >= 4 is 0 Å². The van der Waals surface area contributed by atoms with Crippen molar-refractivity contribution in [3.8, 4) is 5.75 Å². The van der Waals surface area contributed by atoms with Crippen LogP contribution in [0, 0.1) is 19.7 Å². The lowest BCUT2D eigenvalue weighted by Crippen LogP contribution is -2.01. The molecular weight excluding hydrogens is 243 g/mol. The quantitative estimate of drug-likeness (QED) is 0.914. The van der Waals surface area contributed by atoms with Crippen molar-refractivity contribution in [2.75, 3.05) is 7.11 Å². The molecule has 2 nitrogen and oxygen atoms in total. The zero-order valence-corrected chi connectivity index (χ0v) is 11.3. The highest BCUT2D eigenvalue weighted by Gasteiger charge is 2.13. The van der Waals surface area contributed by atoms with E-state index in [-0.39, 0.29) is 5.82 Å². The van der Waals surface area contributed by atoms with Crippen molar-refractivity contribution in [2.24, 2.45) is 0 Å². The van der Waals surface area contributed by atoms with Crippen LogP contribution in [0.2, 0.25) is 0 Å². The molecule has 2 rings (SSSR count). The third kappa shape index (κ3) is 2.76. The Balaban J connectivity index is 2.35. The van der Waals surface area contributed by atoms with Gasteiger partial charge < -0.3 is 9.84 Å². The minimum Gasteiger partial charge on any atom is -0.496 e. The van der Waals surface area contributed by atoms with E-state index >= 15 is 0 Å². The van der Waals surface area contributed by atoms with Crippen LogP contribution in [-0.2, 0) is 0 Å². The van der Waals surface area contributed by atoms with Crippen molar-refractivity contribution in [1.82, 2.24) is 0 Å². The number of hydrogen-bond donors (Lipinski definition) is 1. The standard InChI is InChI=1S/C16H17FO2/c1-10-8-12(4-6-14(10)17)16(18)13-5-7-15(19-3)11(2)9-13/h4-9,16,18H,1-3H3. The fraction of sp³-hybridized carbons (Fsp3) is 0.250. The molecule has 1 unspecified atom stereocenters. The van der Waals surface area contributed by atoms with Crippen LogP contribution in [0.1, 0.15) is 28.4 Å². The third-order valence-electron chi connectivity index (χ3n) is 3.23. The molecule has 0 aromatic heterocycles. The van der Waals surface area contributed by atoms with Gasteiger partial charge in [0.1, 0.15) is 17.7 Å². The zero-order valence-electron chi connectivity index (χ0n) is 11.3. The van der Waals surface area contributed by atoms with Gasteiger partial charge in [-0.1, -0.05) is 18.2 Å². The van der Waals surface area contributed by atoms with Crippen LogP contribution in [0.15, 0.2) is 36.4 Å². The molecule has 2 aromatic carbocycles. The average molecular weight is 260 g/mol. The van der Waals surface area contributed by atoms with Gasteiger partial charge in [-0.15, -0.1) is 0 Å². The Morgan fingerprint density at radius 2 is 1.58 bits per heavy atom. The lowest BCUT2D eigenvalue weighted by Gasteiger charge is -2.14. The highest BCUT2D eigenvalue weighted by atomic mass is 19.1. The predicted octanol–water partition coefficient (Wildman–Crippen LogP) is 3.53. The normalized spacial score (nSPS) is 12.3. The summed E-state index contributed by atoms with van der Waals surface area (Å²) in [6.07, 6.45) is -0.760. The molecule has 1 atom stereocenters. The molecule has 0 spiro atoms. The van der Waals surface area contributed by atoms with Gasteiger partial charge in [0.25, 0.3) is 0 Å². The van der Waals surface area contributed by atoms with Crippen molar-refractivity contribution in [3.05, 3.63) is 64.5 Å². The summed E-state index contributed by atoms with van der Waals surface area (Å²) in [5.41, 5.74) is 2.94. The second kappa shape index (κ2) is 5.41. The summed E-state index contributed by atoms with van der Waals surface area (Å²) in [7, 11) is 1.61. The first-order valence-electron chi connectivity index (χ1n) is 6.11. The van der Waals surface area contributed by atoms with Gasteiger partial charge in [-0.05, 0) is 54.3 Å². The van der Waals surface area contributed by atoms with Gasteiger partial charge in [-0.2, -0.15) is 0 Å². The van der Waals surface area contributed by atoms with Crippen LogP contribution in [0.4, 0.5) is 4.39 Å². The molecular formula is C16H17FO2. The van der Waals surface area contributed by atoms with E-state index in [1.54, 1.807) is 26.2 Å². The van der Waals surface area contributed by atoms with Crippen molar-refractivity contribution in [2.45, 2.75) is 20.0 Å². The van der Waals surface area contributed by atoms with E-state index in [9.17, 15) is 9.50 Å². The van der Waals surface area contributed by atoms with Gasteiger partial charge in [-0.25, -0.2) is 4.39 Å². The maximum atomic E-state index is 13.2. The second-order valence-electron chi connectivity index (χ2n) is 4.64. The van der Waals surface area contributed by atoms with Crippen molar-refractivity contribution < 1.29 is 14.2 Å². The maximum absolute atomic E-state index is 13.2. The molecule has 0 fully saturated rings. The number of ether oxygens (including phenoxy) is 1. The summed E-state index contributed by atoms with van der Waals surface area (Å²) in [4.78, 5) is 0. The minimum absolute atomic E-state index is 0.262. The zero-order chi connectivity index (χ0) is 14.0. The van der Waals surface area contributed by atoms with Gasteiger partial charge in [0.2, 0.25) is 0 Å². The molecule has 0 aliphatic carbocycles. The van der Waals surface area contributed by atoms with Gasteiger partial charge >= 0.3 is 0 Å². The molecule has 0 saturated carbocycles. The Kier molecular flexibility index (Phi) is 3.86. The van der Waals surface area contributed by atoms with E-state index in [2.05, 4.69) is 0 Å². The van der Waals surface area contributed by atoms with Gasteiger partial charge in [0, 0.05) is 0 Å². The monoisotopic (exact) mass is 260 g/mol. The Labute approximate surface area is 112 Å². The lowest BCUT2D eigenvalue weighted by molar-refractivity contribution is 0.220. The van der Waals surface area contributed by atoms with E-state index in [4.69, 9.17) is 4.74 Å². The largest absolute Gasteiger partial charge is 0.496 e. The molecule has 0 aliphatic heterocycles. The molecule has 19 heavy (non-hydrogen) atoms. The van der Waals surface area contributed by atoms with E-state index in [1.807, 2.05) is 25.1 Å². The van der Waals surface area contributed by atoms with Crippen LogP contribution in [0.3, 0.4) is 0 Å².